The average Bonchev–Trinajstić information content (AvgIpc) is 3.24. The number of cyclic esters (lactones) is 1. The molecule has 2 aromatic carbocycles. The molecule has 32 heavy (non-hydrogen) atoms. The van der Waals surface area contributed by atoms with Crippen LogP contribution in [0.4, 0.5) is 14.9 Å². The van der Waals surface area contributed by atoms with Crippen molar-refractivity contribution >= 4 is 27.7 Å². The summed E-state index contributed by atoms with van der Waals surface area (Å²) in [5.74, 6) is -1.21. The molecule has 1 unspecified atom stereocenters. The fraction of sp³-hybridized carbons (Fsp3) is 0.364. The van der Waals surface area contributed by atoms with Crippen LogP contribution in [0.2, 0.25) is 0 Å². The van der Waals surface area contributed by atoms with Crippen LogP contribution in [0.25, 0.3) is 0 Å². The third-order valence-corrected chi connectivity index (χ3v) is 7.54. The molecular weight excluding hydrogens is 437 g/mol. The molecule has 0 bridgehead atoms. The van der Waals surface area contributed by atoms with Crippen LogP contribution in [0.5, 0.6) is 0 Å². The van der Waals surface area contributed by atoms with Crippen LogP contribution in [0.1, 0.15) is 18.4 Å². The molecular formula is C22H24FN3O5S. The minimum absolute atomic E-state index is 0.0113. The zero-order valence-electron chi connectivity index (χ0n) is 17.4. The molecule has 2 amide bonds. The lowest BCUT2D eigenvalue weighted by atomic mass is 9.98. The second-order valence-electron chi connectivity index (χ2n) is 7.81. The van der Waals surface area contributed by atoms with Crippen LogP contribution in [-0.2, 0) is 26.1 Å². The predicted octanol–water partition coefficient (Wildman–Crippen LogP) is 2.50. The van der Waals surface area contributed by atoms with Crippen molar-refractivity contribution in [1.29, 1.82) is 0 Å². The highest BCUT2D eigenvalue weighted by atomic mass is 32.2. The molecule has 4 rings (SSSR count). The quantitative estimate of drug-likeness (QED) is 0.713. The third-order valence-electron chi connectivity index (χ3n) is 5.66. The van der Waals surface area contributed by atoms with E-state index in [1.165, 1.54) is 21.3 Å². The summed E-state index contributed by atoms with van der Waals surface area (Å²) in [6, 6.07) is 12.0. The van der Waals surface area contributed by atoms with Gasteiger partial charge in [-0.1, -0.05) is 12.1 Å². The number of amides is 2. The molecule has 8 nitrogen and oxygen atoms in total. The van der Waals surface area contributed by atoms with Gasteiger partial charge in [0.05, 0.1) is 17.4 Å². The number of hydrogen-bond acceptors (Lipinski definition) is 5. The van der Waals surface area contributed by atoms with E-state index in [2.05, 4.69) is 5.32 Å². The molecule has 2 aromatic rings. The molecule has 170 valence electrons. The van der Waals surface area contributed by atoms with Crippen LogP contribution in [0.3, 0.4) is 0 Å². The molecule has 2 aliphatic rings. The van der Waals surface area contributed by atoms with Gasteiger partial charge in [0.1, 0.15) is 12.4 Å². The number of sulfonamides is 1. The Morgan fingerprint density at radius 1 is 1.16 bits per heavy atom. The molecule has 1 atom stereocenters. The van der Waals surface area contributed by atoms with Gasteiger partial charge in [-0.05, 0) is 54.8 Å². The second kappa shape index (κ2) is 9.25. The molecule has 1 N–H and O–H groups in total. The van der Waals surface area contributed by atoms with Crippen LogP contribution in [-0.4, -0.2) is 51.0 Å². The molecule has 10 heteroatoms. The zero-order chi connectivity index (χ0) is 22.7. The monoisotopic (exact) mass is 461 g/mol. The Bertz CT molecular complexity index is 1110. The first kappa shape index (κ1) is 22.2. The molecule has 2 fully saturated rings. The molecule has 0 aliphatic carbocycles. The molecule has 0 spiro atoms. The highest BCUT2D eigenvalue weighted by molar-refractivity contribution is 7.89. The number of carbonyl (C=O) groups is 2. The van der Waals surface area contributed by atoms with E-state index in [1.807, 2.05) is 12.1 Å². The Balaban J connectivity index is 1.38. The summed E-state index contributed by atoms with van der Waals surface area (Å²) >= 11 is 0. The van der Waals surface area contributed by atoms with Crippen LogP contribution < -0.4 is 10.2 Å². The number of anilines is 1. The fourth-order valence-corrected chi connectivity index (χ4v) is 5.45. The average molecular weight is 462 g/mol. The van der Waals surface area contributed by atoms with E-state index >= 15 is 0 Å². The first-order valence-corrected chi connectivity index (χ1v) is 11.9. The SMILES string of the molecule is O=C(NCc1cccc(N2CCOC2=O)c1)C1CCCN(S(=O)(=O)c2ccc(F)cc2)C1. The lowest BCUT2D eigenvalue weighted by Gasteiger charge is -2.31. The third kappa shape index (κ3) is 4.76. The summed E-state index contributed by atoms with van der Waals surface area (Å²) in [6.07, 6.45) is 0.752. The van der Waals surface area contributed by atoms with E-state index in [0.717, 1.165) is 17.7 Å². The number of nitrogens with zero attached hydrogens (tertiary/aromatic N) is 2. The number of rotatable bonds is 6. The lowest BCUT2D eigenvalue weighted by Crippen LogP contribution is -2.45. The number of benzene rings is 2. The van der Waals surface area contributed by atoms with Gasteiger partial charge in [0, 0.05) is 25.3 Å². The largest absolute Gasteiger partial charge is 0.447 e. The zero-order valence-corrected chi connectivity index (χ0v) is 18.2. The Labute approximate surface area is 186 Å². The molecule has 2 saturated heterocycles. The smallest absolute Gasteiger partial charge is 0.414 e. The second-order valence-corrected chi connectivity index (χ2v) is 9.75. The Kier molecular flexibility index (Phi) is 6.43. The van der Waals surface area contributed by atoms with E-state index in [9.17, 15) is 22.4 Å². The van der Waals surface area contributed by atoms with Crippen LogP contribution in [0.15, 0.2) is 53.4 Å². The van der Waals surface area contributed by atoms with Crippen molar-refractivity contribution in [1.82, 2.24) is 9.62 Å². The fourth-order valence-electron chi connectivity index (χ4n) is 3.93. The number of hydrogen-bond donors (Lipinski definition) is 1. The first-order chi connectivity index (χ1) is 15.3. The molecule has 0 radical (unpaired) electrons. The number of halogens is 1. The van der Waals surface area contributed by atoms with E-state index in [1.54, 1.807) is 12.1 Å². The van der Waals surface area contributed by atoms with Gasteiger partial charge in [0.2, 0.25) is 15.9 Å². The maximum Gasteiger partial charge on any atom is 0.414 e. The maximum atomic E-state index is 13.2. The van der Waals surface area contributed by atoms with Gasteiger partial charge in [0.25, 0.3) is 0 Å². The van der Waals surface area contributed by atoms with Crippen molar-refractivity contribution in [2.45, 2.75) is 24.3 Å². The lowest BCUT2D eigenvalue weighted by molar-refractivity contribution is -0.126. The van der Waals surface area contributed by atoms with Gasteiger partial charge in [-0.15, -0.1) is 0 Å². The van der Waals surface area contributed by atoms with Gasteiger partial charge >= 0.3 is 6.09 Å². The minimum atomic E-state index is -3.80. The Morgan fingerprint density at radius 2 is 1.94 bits per heavy atom. The summed E-state index contributed by atoms with van der Waals surface area (Å²) in [5, 5.41) is 2.87. The van der Waals surface area contributed by atoms with Crippen molar-refractivity contribution in [3.63, 3.8) is 0 Å². The molecule has 0 aromatic heterocycles. The van der Waals surface area contributed by atoms with Gasteiger partial charge in [-0.2, -0.15) is 4.31 Å². The highest BCUT2D eigenvalue weighted by Gasteiger charge is 2.33. The molecule has 0 saturated carbocycles. The van der Waals surface area contributed by atoms with Crippen molar-refractivity contribution in [3.05, 3.63) is 59.9 Å². The van der Waals surface area contributed by atoms with E-state index in [4.69, 9.17) is 4.74 Å². The number of carbonyl (C=O) groups excluding carboxylic acids is 2. The van der Waals surface area contributed by atoms with Crippen LogP contribution >= 0.6 is 0 Å². The summed E-state index contributed by atoms with van der Waals surface area (Å²) in [6.45, 7) is 1.48. The van der Waals surface area contributed by atoms with Gasteiger partial charge in [-0.3, -0.25) is 9.69 Å². The van der Waals surface area contributed by atoms with Crippen molar-refractivity contribution in [2.24, 2.45) is 5.92 Å². The van der Waals surface area contributed by atoms with E-state index in [-0.39, 0.29) is 23.9 Å². The number of piperidine rings is 1. The first-order valence-electron chi connectivity index (χ1n) is 10.4. The Morgan fingerprint density at radius 3 is 2.66 bits per heavy atom. The predicted molar refractivity (Wildman–Crippen MR) is 115 cm³/mol. The standard InChI is InChI=1S/C22H24FN3O5S/c23-18-6-8-20(9-7-18)32(29,30)25-10-2-4-17(15-25)21(27)24-14-16-3-1-5-19(13-16)26-11-12-31-22(26)28/h1,3,5-9,13,17H,2,4,10-12,14-15H2,(H,24,27). The minimum Gasteiger partial charge on any atom is -0.447 e. The Hall–Kier alpha value is -2.98. The maximum absolute atomic E-state index is 13.2. The van der Waals surface area contributed by atoms with Gasteiger partial charge < -0.3 is 10.1 Å². The molecule has 2 heterocycles. The number of ether oxygens (including phenoxy) is 1. The summed E-state index contributed by atoms with van der Waals surface area (Å²) < 4.78 is 45.1. The van der Waals surface area contributed by atoms with E-state index < -0.39 is 27.9 Å². The summed E-state index contributed by atoms with van der Waals surface area (Å²) in [5.41, 5.74) is 1.52. The van der Waals surface area contributed by atoms with Crippen LogP contribution in [0, 0.1) is 11.7 Å². The van der Waals surface area contributed by atoms with Crippen molar-refractivity contribution in [2.75, 3.05) is 31.1 Å². The highest BCUT2D eigenvalue weighted by Crippen LogP contribution is 2.25. The van der Waals surface area contributed by atoms with Gasteiger partial charge in [0.15, 0.2) is 0 Å². The van der Waals surface area contributed by atoms with Gasteiger partial charge in [-0.25, -0.2) is 17.6 Å². The summed E-state index contributed by atoms with van der Waals surface area (Å²) in [4.78, 5) is 26.0. The number of nitrogens with one attached hydrogen (secondary N) is 1. The topological polar surface area (TPSA) is 96.0 Å². The normalized spacial score (nSPS) is 19.6. The summed E-state index contributed by atoms with van der Waals surface area (Å²) in [7, 11) is -3.80. The van der Waals surface area contributed by atoms with Crippen molar-refractivity contribution in [3.8, 4) is 0 Å². The molecule has 2 aliphatic heterocycles. The van der Waals surface area contributed by atoms with E-state index in [0.29, 0.717) is 38.2 Å². The van der Waals surface area contributed by atoms with Crippen molar-refractivity contribution < 1.29 is 27.1 Å².